The van der Waals surface area contributed by atoms with Gasteiger partial charge < -0.3 is 34.2 Å². The lowest BCUT2D eigenvalue weighted by Crippen LogP contribution is -2.24. The van der Waals surface area contributed by atoms with Crippen LogP contribution in [0.2, 0.25) is 0 Å². The second-order valence-corrected chi connectivity index (χ2v) is 17.7. The highest BCUT2D eigenvalue weighted by molar-refractivity contribution is 5.75. The van der Waals surface area contributed by atoms with Gasteiger partial charge in [0, 0.05) is 81.8 Å². The number of nitrogens with one attached hydrogen (secondary N) is 3. The van der Waals surface area contributed by atoms with Crippen LogP contribution in [0.5, 0.6) is 11.5 Å². The second kappa shape index (κ2) is 21.2. The van der Waals surface area contributed by atoms with Crippen molar-refractivity contribution in [2.45, 2.75) is 82.5 Å². The van der Waals surface area contributed by atoms with Crippen LogP contribution in [0.15, 0.2) is 70.5 Å². The van der Waals surface area contributed by atoms with Crippen LogP contribution in [0, 0.1) is 11.8 Å². The number of carbonyl (C=O) groups is 1. The third-order valence-corrected chi connectivity index (χ3v) is 12.7. The predicted molar refractivity (Wildman–Crippen MR) is 236 cm³/mol. The minimum absolute atomic E-state index is 0.0170. The Morgan fingerprint density at radius 3 is 1.72 bits per heavy atom. The second-order valence-electron chi connectivity index (χ2n) is 17.7. The van der Waals surface area contributed by atoms with Gasteiger partial charge in [0.2, 0.25) is 0 Å². The molecular weight excluding hydrogens is 919 g/mol. The Labute approximate surface area is 390 Å². The molecule has 4 aromatic heterocycles. The molecule has 0 aliphatic carbocycles. The van der Waals surface area contributed by atoms with Crippen LogP contribution in [-0.4, -0.2) is 116 Å². The molecule has 23 heteroatoms. The molecule has 0 bridgehead atoms. The summed E-state index contributed by atoms with van der Waals surface area (Å²) in [6.45, 7) is 10.8. The summed E-state index contributed by atoms with van der Waals surface area (Å²) in [5.41, 5.74) is 1.50. The lowest BCUT2D eigenvalue weighted by molar-refractivity contribution is -0.275. The van der Waals surface area contributed by atoms with Gasteiger partial charge in [-0.1, -0.05) is 38.1 Å². The van der Waals surface area contributed by atoms with E-state index in [-0.39, 0.29) is 46.1 Å². The molecule has 17 nitrogen and oxygen atoms in total. The number of aldehydes is 1. The molecule has 370 valence electrons. The first-order valence-corrected chi connectivity index (χ1v) is 22.7. The number of halogens is 6. The van der Waals surface area contributed by atoms with E-state index >= 15 is 0 Å². The van der Waals surface area contributed by atoms with E-state index in [4.69, 9.17) is 19.7 Å². The molecule has 4 atom stereocenters. The van der Waals surface area contributed by atoms with E-state index in [0.29, 0.717) is 61.3 Å². The summed E-state index contributed by atoms with van der Waals surface area (Å²) in [5.74, 6) is 3.84. The third-order valence-electron chi connectivity index (χ3n) is 12.7. The number of hydrogen-bond acceptors (Lipinski definition) is 13. The number of hydrogen-bond donors (Lipinski definition) is 3. The van der Waals surface area contributed by atoms with E-state index in [1.54, 1.807) is 33.6 Å². The fourth-order valence-corrected chi connectivity index (χ4v) is 9.28. The average Bonchev–Trinajstić information content (AvgIpc) is 4.13. The Kier molecular flexibility index (Phi) is 15.2. The van der Waals surface area contributed by atoms with Crippen LogP contribution < -0.4 is 25.9 Å². The van der Waals surface area contributed by atoms with E-state index in [0.717, 1.165) is 93.7 Å². The van der Waals surface area contributed by atoms with Gasteiger partial charge in [0.25, 0.3) is 11.1 Å². The summed E-state index contributed by atoms with van der Waals surface area (Å²) in [6, 6.07) is 10.9. The first-order valence-electron chi connectivity index (χ1n) is 22.7. The zero-order valence-corrected chi connectivity index (χ0v) is 37.8. The van der Waals surface area contributed by atoms with E-state index in [1.807, 2.05) is 0 Å². The topological polar surface area (TPSA) is 195 Å². The van der Waals surface area contributed by atoms with Crippen molar-refractivity contribution < 1.29 is 50.1 Å². The first kappa shape index (κ1) is 49.3. The van der Waals surface area contributed by atoms with Crippen LogP contribution in [0.1, 0.15) is 102 Å². The minimum Gasteiger partial charge on any atom is -0.406 e. The smallest absolute Gasteiger partial charge is 0.406 e. The van der Waals surface area contributed by atoms with Gasteiger partial charge in [-0.25, -0.2) is 19.0 Å². The van der Waals surface area contributed by atoms with Gasteiger partial charge in [-0.15, -0.1) is 26.3 Å². The Balaban J connectivity index is 0.000000156. The molecule has 4 saturated heterocycles. The number of benzene rings is 2. The highest BCUT2D eigenvalue weighted by Gasteiger charge is 2.35. The number of likely N-dealkylation sites (tertiary alicyclic amines) is 1. The van der Waals surface area contributed by atoms with Crippen molar-refractivity contribution in [3.05, 3.63) is 116 Å². The lowest BCUT2D eigenvalue weighted by Gasteiger charge is -2.21. The summed E-state index contributed by atoms with van der Waals surface area (Å²) in [5, 5.41) is 12.9. The van der Waals surface area contributed by atoms with Crippen molar-refractivity contribution in [3.8, 4) is 11.5 Å². The van der Waals surface area contributed by atoms with Crippen molar-refractivity contribution in [1.82, 2.24) is 49.4 Å². The number of alkyl halides is 6. The van der Waals surface area contributed by atoms with Gasteiger partial charge in [0.05, 0.1) is 12.4 Å². The number of ether oxygens (including phenoxy) is 4. The Morgan fingerprint density at radius 1 is 0.696 bits per heavy atom. The van der Waals surface area contributed by atoms with Crippen molar-refractivity contribution >= 4 is 17.3 Å². The molecule has 3 N–H and O–H groups in total. The summed E-state index contributed by atoms with van der Waals surface area (Å²) < 4.78 is 94.6. The van der Waals surface area contributed by atoms with E-state index in [2.05, 4.69) is 53.5 Å². The minimum atomic E-state index is -4.72. The van der Waals surface area contributed by atoms with E-state index in [9.17, 15) is 40.7 Å². The average molecular weight is 971 g/mol. The molecule has 0 saturated carbocycles. The third kappa shape index (κ3) is 12.4. The first-order chi connectivity index (χ1) is 33.0. The van der Waals surface area contributed by atoms with Gasteiger partial charge in [-0.2, -0.15) is 10.2 Å². The van der Waals surface area contributed by atoms with Crippen molar-refractivity contribution in [2.75, 3.05) is 52.6 Å². The van der Waals surface area contributed by atoms with Gasteiger partial charge in [-0.3, -0.25) is 19.3 Å². The van der Waals surface area contributed by atoms with Crippen LogP contribution in [0.25, 0.3) is 11.0 Å². The number of imidazole rings is 2. The Morgan fingerprint density at radius 2 is 1.22 bits per heavy atom. The summed E-state index contributed by atoms with van der Waals surface area (Å²) >= 11 is 0. The molecule has 10 rings (SSSR count). The molecule has 0 radical (unpaired) electrons. The molecule has 0 amide bonds. The molecule has 4 aliphatic rings. The highest BCUT2D eigenvalue weighted by atomic mass is 19.4. The fraction of sp³-hybridized carbons (Fsp3) is 0.500. The molecular formula is C46H52F6N10O7. The molecule has 0 spiro atoms. The van der Waals surface area contributed by atoms with Crippen molar-refractivity contribution in [1.29, 1.82) is 0 Å². The SMILES string of the molecule is CC1CN(Cc2cccc(OC(F)(F)F)c2)CC1c1nn2c(C3CCOCC3)ncc2c(=O)[nH]1.CC1CNCC1c1nn2c(C3CCOCC3)ncc2c(=O)[nH]1.O=Cc1cccc(OC(F)(F)F)c1. The maximum Gasteiger partial charge on any atom is 0.573 e. The van der Waals surface area contributed by atoms with Crippen LogP contribution in [0.3, 0.4) is 0 Å². The Bertz CT molecular complexity index is 2820. The molecule has 8 heterocycles. The van der Waals surface area contributed by atoms with Gasteiger partial charge in [0.1, 0.15) is 41.1 Å². The number of nitrogens with zero attached hydrogens (tertiary/aromatic N) is 7. The summed E-state index contributed by atoms with van der Waals surface area (Å²) in [6.07, 6.45) is -2.24. The number of aromatic amines is 2. The monoisotopic (exact) mass is 970 g/mol. The number of carbonyl (C=O) groups excluding carboxylic acids is 1. The molecule has 4 unspecified atom stereocenters. The highest BCUT2D eigenvalue weighted by Crippen LogP contribution is 2.33. The molecule has 4 aliphatic heterocycles. The van der Waals surface area contributed by atoms with Crippen LogP contribution >= 0.6 is 0 Å². The standard InChI is InChI=1S/C23H26F3N5O3.C15H21N5O2.C8H5F3O2/c1-14-11-30(12-15-3-2-4-17(9-15)34-23(24,25)26)13-18(14)20-28-22(32)19-10-27-21(31(19)29-20)16-5-7-33-8-6-16;1-9-6-16-7-11(9)13-18-15(21)12-8-17-14(20(12)19-13)10-2-4-22-5-3-10;9-8(10,11)13-7-3-1-2-6(4-7)5-12/h2-4,9-10,14,16,18H,5-8,11-13H2,1H3,(H,28,29,32);8-11,16H,2-7H2,1H3,(H,18,19,21);1-5H. The maximum absolute atomic E-state index is 12.8. The Hall–Kier alpha value is -6.17. The lowest BCUT2D eigenvalue weighted by atomic mass is 9.97. The zero-order chi connectivity index (χ0) is 48.9. The quantitative estimate of drug-likeness (QED) is 0.105. The van der Waals surface area contributed by atoms with Crippen molar-refractivity contribution in [3.63, 3.8) is 0 Å². The molecule has 6 aromatic rings. The van der Waals surface area contributed by atoms with E-state index in [1.165, 1.54) is 24.3 Å². The van der Waals surface area contributed by atoms with Crippen LogP contribution in [0.4, 0.5) is 26.3 Å². The number of rotatable bonds is 9. The molecule has 4 fully saturated rings. The zero-order valence-electron chi connectivity index (χ0n) is 37.8. The summed E-state index contributed by atoms with van der Waals surface area (Å²) in [7, 11) is 0. The molecule has 2 aromatic carbocycles. The number of aromatic nitrogens is 8. The predicted octanol–water partition coefficient (Wildman–Crippen LogP) is 6.48. The largest absolute Gasteiger partial charge is 0.573 e. The van der Waals surface area contributed by atoms with Crippen molar-refractivity contribution in [2.24, 2.45) is 11.8 Å². The maximum atomic E-state index is 12.8. The van der Waals surface area contributed by atoms with Gasteiger partial charge >= 0.3 is 12.7 Å². The summed E-state index contributed by atoms with van der Waals surface area (Å²) in [4.78, 5) is 52.3. The normalized spacial score (nSPS) is 21.7. The number of H-pyrrole nitrogens is 2. The fourth-order valence-electron chi connectivity index (χ4n) is 9.28. The van der Waals surface area contributed by atoms with Crippen LogP contribution in [-0.2, 0) is 16.0 Å². The van der Waals surface area contributed by atoms with Gasteiger partial charge in [0.15, 0.2) is 11.0 Å². The number of fused-ring (bicyclic) bond motifs is 2. The van der Waals surface area contributed by atoms with E-state index < -0.39 is 18.5 Å². The molecule has 69 heavy (non-hydrogen) atoms. The van der Waals surface area contributed by atoms with Gasteiger partial charge in [-0.05, 0) is 73.9 Å².